The molecular formula is C45H84O6. The third kappa shape index (κ3) is 39.2. The predicted octanol–water partition coefficient (Wildman–Crippen LogP) is 13.9. The molecule has 0 amide bonds. The Balaban J connectivity index is 4.28. The van der Waals surface area contributed by atoms with Gasteiger partial charge in [-0.3, -0.25) is 14.4 Å². The summed E-state index contributed by atoms with van der Waals surface area (Å²) >= 11 is 0. The molecule has 0 aromatic rings. The fraction of sp³-hybridized carbons (Fsp3) is 0.889. The van der Waals surface area contributed by atoms with Crippen LogP contribution in [0.25, 0.3) is 0 Å². The van der Waals surface area contributed by atoms with Gasteiger partial charge in [-0.05, 0) is 44.9 Å². The third-order valence-electron chi connectivity index (χ3n) is 9.77. The molecule has 0 aliphatic carbocycles. The molecule has 0 aromatic carbocycles. The van der Waals surface area contributed by atoms with Gasteiger partial charge in [0, 0.05) is 19.3 Å². The summed E-state index contributed by atoms with van der Waals surface area (Å²) in [7, 11) is 0. The summed E-state index contributed by atoms with van der Waals surface area (Å²) in [6.07, 6.45) is 42.0. The third-order valence-corrected chi connectivity index (χ3v) is 9.77. The second-order valence-corrected chi connectivity index (χ2v) is 15.0. The summed E-state index contributed by atoms with van der Waals surface area (Å²) < 4.78 is 16.6. The van der Waals surface area contributed by atoms with E-state index in [0.717, 1.165) is 64.2 Å². The van der Waals surface area contributed by atoms with Gasteiger partial charge in [0.25, 0.3) is 0 Å². The maximum Gasteiger partial charge on any atom is 0.306 e. The highest BCUT2D eigenvalue weighted by molar-refractivity contribution is 5.71. The quantitative estimate of drug-likeness (QED) is 0.0271. The summed E-state index contributed by atoms with van der Waals surface area (Å²) in [5.41, 5.74) is 0. The van der Waals surface area contributed by atoms with Crippen LogP contribution in [0, 0.1) is 0 Å². The van der Waals surface area contributed by atoms with Gasteiger partial charge in [0.05, 0.1) is 0 Å². The number of carbonyl (C=O) groups excluding carboxylic acids is 3. The average molecular weight is 721 g/mol. The van der Waals surface area contributed by atoms with Crippen LogP contribution in [-0.2, 0) is 28.6 Å². The van der Waals surface area contributed by atoms with E-state index in [0.29, 0.717) is 19.3 Å². The van der Waals surface area contributed by atoms with E-state index in [-0.39, 0.29) is 31.1 Å². The number of rotatable bonds is 40. The van der Waals surface area contributed by atoms with E-state index < -0.39 is 6.10 Å². The first kappa shape index (κ1) is 49.1. The van der Waals surface area contributed by atoms with Crippen LogP contribution in [0.5, 0.6) is 0 Å². The van der Waals surface area contributed by atoms with Gasteiger partial charge in [0.15, 0.2) is 6.10 Å². The van der Waals surface area contributed by atoms with Crippen molar-refractivity contribution < 1.29 is 28.6 Å². The van der Waals surface area contributed by atoms with Gasteiger partial charge < -0.3 is 14.2 Å². The fourth-order valence-electron chi connectivity index (χ4n) is 6.38. The maximum atomic E-state index is 12.6. The number of hydrogen-bond acceptors (Lipinski definition) is 6. The molecule has 0 saturated carbocycles. The molecule has 0 saturated heterocycles. The van der Waals surface area contributed by atoms with Gasteiger partial charge in [-0.25, -0.2) is 0 Å². The highest BCUT2D eigenvalue weighted by Gasteiger charge is 2.19. The predicted molar refractivity (Wildman–Crippen MR) is 215 cm³/mol. The average Bonchev–Trinajstić information content (AvgIpc) is 3.12. The van der Waals surface area contributed by atoms with Crippen molar-refractivity contribution in [3.05, 3.63) is 12.2 Å². The molecule has 6 nitrogen and oxygen atoms in total. The van der Waals surface area contributed by atoms with Crippen LogP contribution in [0.1, 0.15) is 239 Å². The van der Waals surface area contributed by atoms with Gasteiger partial charge in [-0.2, -0.15) is 0 Å². The lowest BCUT2D eigenvalue weighted by molar-refractivity contribution is -0.167. The van der Waals surface area contributed by atoms with E-state index in [4.69, 9.17) is 14.2 Å². The zero-order valence-electron chi connectivity index (χ0n) is 34.1. The van der Waals surface area contributed by atoms with Crippen molar-refractivity contribution in [3.63, 3.8) is 0 Å². The number of ether oxygens (including phenoxy) is 3. The molecule has 300 valence electrons. The Hall–Kier alpha value is -1.85. The van der Waals surface area contributed by atoms with E-state index in [9.17, 15) is 14.4 Å². The molecule has 0 radical (unpaired) electrons. The highest BCUT2D eigenvalue weighted by Crippen LogP contribution is 2.14. The number of allylic oxidation sites excluding steroid dienone is 2. The van der Waals surface area contributed by atoms with Gasteiger partial charge in [0.2, 0.25) is 0 Å². The zero-order chi connectivity index (χ0) is 37.3. The van der Waals surface area contributed by atoms with E-state index in [2.05, 4.69) is 32.9 Å². The normalized spacial score (nSPS) is 12.0. The second kappa shape index (κ2) is 40.9. The number of hydrogen-bond donors (Lipinski definition) is 0. The van der Waals surface area contributed by atoms with Crippen LogP contribution in [0.3, 0.4) is 0 Å². The fourth-order valence-corrected chi connectivity index (χ4v) is 6.38. The summed E-state index contributed by atoms with van der Waals surface area (Å²) in [5, 5.41) is 0. The Bertz CT molecular complexity index is 794. The first-order valence-corrected chi connectivity index (χ1v) is 22.2. The SMILES string of the molecule is CCCCCCCC/C=C\CCCCCCCC(=O)OCC(COC(=O)CCCCCCCCC)OC(=O)CCCCCCCCCCCCC. The van der Waals surface area contributed by atoms with Crippen molar-refractivity contribution in [2.45, 2.75) is 245 Å². The summed E-state index contributed by atoms with van der Waals surface area (Å²) in [5.74, 6) is -0.879. The Morgan fingerprint density at radius 1 is 0.373 bits per heavy atom. The molecule has 6 heteroatoms. The minimum atomic E-state index is -0.763. The molecule has 0 spiro atoms. The van der Waals surface area contributed by atoms with Gasteiger partial charge in [-0.15, -0.1) is 0 Å². The first-order valence-electron chi connectivity index (χ1n) is 22.2. The van der Waals surface area contributed by atoms with Crippen LogP contribution in [0.15, 0.2) is 12.2 Å². The molecule has 0 fully saturated rings. The lowest BCUT2D eigenvalue weighted by Crippen LogP contribution is -2.30. The number of unbranched alkanes of at least 4 members (excludes halogenated alkanes) is 27. The van der Waals surface area contributed by atoms with E-state index in [1.807, 2.05) is 0 Å². The summed E-state index contributed by atoms with van der Waals surface area (Å²) in [6.45, 7) is 6.58. The first-order chi connectivity index (χ1) is 25.0. The molecule has 0 bridgehead atoms. The molecule has 1 atom stereocenters. The smallest absolute Gasteiger partial charge is 0.306 e. The standard InChI is InChI=1S/C45H84O6/c1-4-7-10-13-16-18-20-21-22-23-25-26-29-32-35-38-44(47)50-41-42(40-49-43(46)37-34-31-28-15-12-9-6-3)51-45(48)39-36-33-30-27-24-19-17-14-11-8-5-2/h21-22,42H,4-20,23-41H2,1-3H3/b22-21-. The van der Waals surface area contributed by atoms with Gasteiger partial charge in [0.1, 0.15) is 13.2 Å². The monoisotopic (exact) mass is 721 g/mol. The molecule has 0 aliphatic heterocycles. The molecule has 0 N–H and O–H groups in total. The molecule has 0 rings (SSSR count). The van der Waals surface area contributed by atoms with Crippen LogP contribution < -0.4 is 0 Å². The molecule has 51 heavy (non-hydrogen) atoms. The van der Waals surface area contributed by atoms with E-state index in [1.165, 1.54) is 135 Å². The largest absolute Gasteiger partial charge is 0.462 e. The van der Waals surface area contributed by atoms with E-state index in [1.54, 1.807) is 0 Å². The second-order valence-electron chi connectivity index (χ2n) is 15.0. The topological polar surface area (TPSA) is 78.9 Å². The Morgan fingerprint density at radius 2 is 0.647 bits per heavy atom. The van der Waals surface area contributed by atoms with Gasteiger partial charge >= 0.3 is 17.9 Å². The van der Waals surface area contributed by atoms with Crippen LogP contribution in [0.4, 0.5) is 0 Å². The molecule has 0 heterocycles. The van der Waals surface area contributed by atoms with Crippen molar-refractivity contribution in [2.24, 2.45) is 0 Å². The summed E-state index contributed by atoms with van der Waals surface area (Å²) in [6, 6.07) is 0. The van der Waals surface area contributed by atoms with Crippen molar-refractivity contribution in [2.75, 3.05) is 13.2 Å². The van der Waals surface area contributed by atoms with Crippen LogP contribution in [-0.4, -0.2) is 37.2 Å². The summed E-state index contributed by atoms with van der Waals surface area (Å²) in [4.78, 5) is 37.5. The molecule has 0 aliphatic rings. The molecule has 1 unspecified atom stereocenters. The maximum absolute atomic E-state index is 12.6. The molecule has 0 aromatic heterocycles. The number of esters is 3. The van der Waals surface area contributed by atoms with Crippen molar-refractivity contribution in [3.8, 4) is 0 Å². The van der Waals surface area contributed by atoms with Crippen molar-refractivity contribution in [1.29, 1.82) is 0 Å². The lowest BCUT2D eigenvalue weighted by atomic mass is 10.1. The van der Waals surface area contributed by atoms with Crippen molar-refractivity contribution >= 4 is 17.9 Å². The zero-order valence-corrected chi connectivity index (χ0v) is 34.1. The highest BCUT2D eigenvalue weighted by atomic mass is 16.6. The Labute approximate surface area is 316 Å². The van der Waals surface area contributed by atoms with Gasteiger partial charge in [-0.1, -0.05) is 187 Å². The van der Waals surface area contributed by atoms with Crippen LogP contribution >= 0.6 is 0 Å². The Kier molecular flexibility index (Phi) is 39.4. The minimum absolute atomic E-state index is 0.0694. The number of carbonyl (C=O) groups is 3. The Morgan fingerprint density at radius 3 is 0.980 bits per heavy atom. The minimum Gasteiger partial charge on any atom is -0.462 e. The van der Waals surface area contributed by atoms with Crippen molar-refractivity contribution in [1.82, 2.24) is 0 Å². The van der Waals surface area contributed by atoms with E-state index >= 15 is 0 Å². The molecular weight excluding hydrogens is 636 g/mol. The van der Waals surface area contributed by atoms with Crippen LogP contribution in [0.2, 0.25) is 0 Å². The lowest BCUT2D eigenvalue weighted by Gasteiger charge is -2.18.